The van der Waals surface area contributed by atoms with Crippen molar-refractivity contribution in [3.05, 3.63) is 25.1 Å². The van der Waals surface area contributed by atoms with Crippen molar-refractivity contribution < 1.29 is 8.42 Å². The summed E-state index contributed by atoms with van der Waals surface area (Å²) in [6.45, 7) is 2.87. The lowest BCUT2D eigenvalue weighted by atomic mass is 10.3. The second-order valence-electron chi connectivity index (χ2n) is 3.77. The predicted molar refractivity (Wildman–Crippen MR) is 81.7 cm³/mol. The molecule has 0 aliphatic heterocycles. The van der Waals surface area contributed by atoms with Crippen LogP contribution in [0.2, 0.25) is 25.1 Å². The maximum absolute atomic E-state index is 12.3. The average molecular weight is 435 g/mol. The minimum Gasteiger partial charge on any atom is -0.222 e. The molecule has 0 aromatic heterocycles. The van der Waals surface area contributed by atoms with E-state index in [4.69, 9.17) is 58.0 Å². The molecule has 1 aromatic rings. The van der Waals surface area contributed by atoms with Crippen LogP contribution in [-0.2, 0) is 9.84 Å². The van der Waals surface area contributed by atoms with E-state index in [1.807, 2.05) is 0 Å². The fourth-order valence-corrected chi connectivity index (χ4v) is 4.57. The summed E-state index contributed by atoms with van der Waals surface area (Å²) in [6, 6.07) is 0. The van der Waals surface area contributed by atoms with Crippen molar-refractivity contribution in [2.75, 3.05) is 0 Å². The predicted octanol–water partition coefficient (Wildman–Crippen LogP) is 5.86. The Bertz CT molecular complexity index is 577. The molecule has 0 saturated heterocycles. The third-order valence-corrected chi connectivity index (χ3v) is 8.08. The molecular formula is C9H6BrCl5O2S. The summed E-state index contributed by atoms with van der Waals surface area (Å²) < 4.78 is 23.4. The monoisotopic (exact) mass is 432 g/mol. The van der Waals surface area contributed by atoms with Gasteiger partial charge in [-0.1, -0.05) is 73.9 Å². The molecule has 102 valence electrons. The van der Waals surface area contributed by atoms with Gasteiger partial charge in [-0.15, -0.1) is 0 Å². The largest absolute Gasteiger partial charge is 0.222 e. The van der Waals surface area contributed by atoms with Crippen LogP contribution in [0.25, 0.3) is 0 Å². The van der Waals surface area contributed by atoms with Crippen molar-refractivity contribution in [2.45, 2.75) is 22.4 Å². The van der Waals surface area contributed by atoms with Crippen molar-refractivity contribution >= 4 is 83.8 Å². The highest BCUT2D eigenvalue weighted by Gasteiger charge is 2.38. The van der Waals surface area contributed by atoms with Crippen molar-refractivity contribution in [3.8, 4) is 0 Å². The first-order valence-corrected chi connectivity index (χ1v) is 8.54. The molecule has 0 radical (unpaired) electrons. The van der Waals surface area contributed by atoms with Crippen LogP contribution in [0.5, 0.6) is 0 Å². The molecule has 0 N–H and O–H groups in total. The molecule has 0 heterocycles. The summed E-state index contributed by atoms with van der Waals surface area (Å²) in [5.41, 5.74) is 0. The zero-order valence-corrected chi connectivity index (χ0v) is 15.2. The highest BCUT2D eigenvalue weighted by molar-refractivity contribution is 9.11. The van der Waals surface area contributed by atoms with Crippen LogP contribution >= 0.6 is 73.9 Å². The van der Waals surface area contributed by atoms with Gasteiger partial charge >= 0.3 is 0 Å². The Labute approximate surface area is 139 Å². The fraction of sp³-hybridized carbons (Fsp3) is 0.333. The van der Waals surface area contributed by atoms with Gasteiger partial charge in [0, 0.05) is 0 Å². The van der Waals surface area contributed by atoms with Gasteiger partial charge in [-0.25, -0.2) is 8.42 Å². The van der Waals surface area contributed by atoms with Crippen LogP contribution < -0.4 is 0 Å². The molecule has 0 fully saturated rings. The Morgan fingerprint density at radius 1 is 0.833 bits per heavy atom. The van der Waals surface area contributed by atoms with Gasteiger partial charge < -0.3 is 0 Å². The third-order valence-electron chi connectivity index (χ3n) is 2.08. The summed E-state index contributed by atoms with van der Waals surface area (Å²) in [6.07, 6.45) is 0. The maximum Gasteiger partial charge on any atom is 0.196 e. The van der Waals surface area contributed by atoms with E-state index >= 15 is 0 Å². The van der Waals surface area contributed by atoms with Gasteiger partial charge in [0.05, 0.1) is 25.1 Å². The Morgan fingerprint density at radius 2 is 1.11 bits per heavy atom. The summed E-state index contributed by atoms with van der Waals surface area (Å²) in [4.78, 5) is -0.341. The Balaban J connectivity index is 3.85. The first kappa shape index (κ1) is 17.2. The molecule has 0 bridgehead atoms. The van der Waals surface area contributed by atoms with Crippen LogP contribution in [0, 0.1) is 0 Å². The normalized spacial score (nSPS) is 12.9. The molecule has 0 spiro atoms. The van der Waals surface area contributed by atoms with Crippen LogP contribution in [0.1, 0.15) is 13.8 Å². The highest BCUT2D eigenvalue weighted by Crippen LogP contribution is 2.48. The number of hydrogen-bond acceptors (Lipinski definition) is 2. The second-order valence-corrected chi connectivity index (χ2v) is 10.6. The molecule has 2 nitrogen and oxygen atoms in total. The lowest BCUT2D eigenvalue weighted by molar-refractivity contribution is 0.584. The van der Waals surface area contributed by atoms with Crippen LogP contribution in [0.4, 0.5) is 0 Å². The minimum atomic E-state index is -3.87. The maximum atomic E-state index is 12.3. The molecule has 0 amide bonds. The van der Waals surface area contributed by atoms with E-state index in [9.17, 15) is 8.42 Å². The highest BCUT2D eigenvalue weighted by atomic mass is 79.9. The third kappa shape index (κ3) is 2.76. The Kier molecular flexibility index (Phi) is 5.21. The molecule has 1 aromatic carbocycles. The molecule has 0 atom stereocenters. The van der Waals surface area contributed by atoms with Crippen molar-refractivity contribution in [1.29, 1.82) is 0 Å². The fourth-order valence-electron chi connectivity index (χ4n) is 1.06. The number of benzene rings is 1. The molecule has 0 unspecified atom stereocenters. The van der Waals surface area contributed by atoms with Crippen LogP contribution in [0.15, 0.2) is 4.90 Å². The Hall–Kier alpha value is 1.10. The van der Waals surface area contributed by atoms with Crippen LogP contribution in [0.3, 0.4) is 0 Å². The first-order chi connectivity index (χ1) is 7.93. The van der Waals surface area contributed by atoms with Gasteiger partial charge in [0.15, 0.2) is 9.84 Å². The summed E-state index contributed by atoms with van der Waals surface area (Å²) in [5, 5.41) is -0.877. The zero-order valence-electron chi connectivity index (χ0n) is 8.99. The minimum absolute atomic E-state index is 0.0836. The number of sulfone groups is 1. The van der Waals surface area contributed by atoms with Crippen molar-refractivity contribution in [1.82, 2.24) is 0 Å². The molecular weight excluding hydrogens is 429 g/mol. The topological polar surface area (TPSA) is 34.1 Å². The first-order valence-electron chi connectivity index (χ1n) is 4.38. The van der Waals surface area contributed by atoms with E-state index < -0.39 is 13.5 Å². The van der Waals surface area contributed by atoms with Crippen LogP contribution in [-0.4, -0.2) is 12.1 Å². The second kappa shape index (κ2) is 5.47. The van der Waals surface area contributed by atoms with Gasteiger partial charge in [-0.05, 0) is 13.8 Å². The van der Waals surface area contributed by atoms with E-state index in [1.54, 1.807) is 0 Å². The van der Waals surface area contributed by atoms with Gasteiger partial charge in [-0.3, -0.25) is 0 Å². The molecule has 0 aliphatic rings. The van der Waals surface area contributed by atoms with E-state index in [0.717, 1.165) is 0 Å². The van der Waals surface area contributed by atoms with E-state index in [-0.39, 0.29) is 30.0 Å². The summed E-state index contributed by atoms with van der Waals surface area (Å²) in [5.74, 6) is 0. The summed E-state index contributed by atoms with van der Waals surface area (Å²) in [7, 11) is -3.87. The molecule has 1 rings (SSSR count). The smallest absolute Gasteiger partial charge is 0.196 e. The van der Waals surface area contributed by atoms with E-state index in [1.165, 1.54) is 13.8 Å². The number of hydrogen-bond donors (Lipinski definition) is 0. The lowest BCUT2D eigenvalue weighted by Gasteiger charge is -2.20. The average Bonchev–Trinajstić information content (AvgIpc) is 2.22. The zero-order chi connectivity index (χ0) is 14.5. The molecule has 18 heavy (non-hydrogen) atoms. The Morgan fingerprint density at radius 3 is 1.39 bits per heavy atom. The van der Waals surface area contributed by atoms with Gasteiger partial charge in [0.2, 0.25) is 0 Å². The lowest BCUT2D eigenvalue weighted by Crippen LogP contribution is -2.25. The van der Waals surface area contributed by atoms with Crippen molar-refractivity contribution in [3.63, 3.8) is 0 Å². The SMILES string of the molecule is CC(C)(Br)S(=O)(=O)c1c(Cl)c(Cl)c(Cl)c(Cl)c1Cl. The quantitative estimate of drug-likeness (QED) is 0.331. The standard InChI is InChI=1S/C9H6BrCl5O2S/c1-9(2,10)18(16,17)8-6(14)4(12)3(11)5(13)7(8)15/h1-2H3. The molecule has 0 aliphatic carbocycles. The van der Waals surface area contributed by atoms with Crippen molar-refractivity contribution in [2.24, 2.45) is 0 Å². The molecule has 9 heteroatoms. The van der Waals surface area contributed by atoms with E-state index in [0.29, 0.717) is 0 Å². The molecule has 0 saturated carbocycles. The van der Waals surface area contributed by atoms with Gasteiger partial charge in [-0.2, -0.15) is 0 Å². The number of alkyl halides is 1. The summed E-state index contributed by atoms with van der Waals surface area (Å²) >= 11 is 32.3. The van der Waals surface area contributed by atoms with Gasteiger partial charge in [0.1, 0.15) is 8.55 Å². The number of halogens is 6. The van der Waals surface area contributed by atoms with E-state index in [2.05, 4.69) is 15.9 Å². The van der Waals surface area contributed by atoms with Gasteiger partial charge in [0.25, 0.3) is 0 Å². The number of rotatable bonds is 2.